The lowest BCUT2D eigenvalue weighted by Gasteiger charge is -2.08. The summed E-state index contributed by atoms with van der Waals surface area (Å²) in [6.07, 6.45) is 6.87. The highest BCUT2D eigenvalue weighted by atomic mass is 79.9. The second-order valence-corrected chi connectivity index (χ2v) is 8.76. The van der Waals surface area contributed by atoms with Gasteiger partial charge in [0.15, 0.2) is 0 Å². The molecule has 5 rings (SSSR count). The highest BCUT2D eigenvalue weighted by molar-refractivity contribution is 9.10. The third kappa shape index (κ3) is 3.24. The van der Waals surface area contributed by atoms with Crippen molar-refractivity contribution >= 4 is 60.5 Å². The lowest BCUT2D eigenvalue weighted by atomic mass is 10.1. The van der Waals surface area contributed by atoms with Gasteiger partial charge >= 0.3 is 0 Å². The summed E-state index contributed by atoms with van der Waals surface area (Å²) >= 11 is 4.76. The molecule has 0 aliphatic carbocycles. The number of hydrogen-bond acceptors (Lipinski definition) is 4. The maximum Gasteiger partial charge on any atom is 0.132 e. The zero-order valence-electron chi connectivity index (χ0n) is 16.2. The molecule has 0 spiro atoms. The van der Waals surface area contributed by atoms with Crippen molar-refractivity contribution in [3.05, 3.63) is 53.1 Å². The van der Waals surface area contributed by atoms with Gasteiger partial charge in [-0.3, -0.25) is 4.98 Å². The lowest BCUT2D eigenvalue weighted by molar-refractivity contribution is 0.602. The predicted octanol–water partition coefficient (Wildman–Crippen LogP) is 7.20. The predicted molar refractivity (Wildman–Crippen MR) is 125 cm³/mol. The van der Waals surface area contributed by atoms with Crippen LogP contribution in [0.3, 0.4) is 0 Å². The molecule has 3 heterocycles. The number of benzene rings is 2. The molecule has 2 aromatic carbocycles. The monoisotopic (exact) mass is 464 g/mol. The van der Waals surface area contributed by atoms with E-state index in [1.165, 1.54) is 59.2 Å². The van der Waals surface area contributed by atoms with Gasteiger partial charge in [-0.2, -0.15) is 8.75 Å². The standard InChI is InChI=1S/C23H21BrN4S/c1-2-3-4-7-12-28-19-9-6-5-8-16(19)17-13-15(10-11-20(17)28)21-23-22(26-29-27-23)18(24)14-25-21/h5-6,8-11,13-14H,2-4,7,12H2,1H3. The molecule has 29 heavy (non-hydrogen) atoms. The molecule has 0 N–H and O–H groups in total. The molecular weight excluding hydrogens is 444 g/mol. The normalized spacial score (nSPS) is 11.8. The number of rotatable bonds is 6. The fourth-order valence-electron chi connectivity index (χ4n) is 4.09. The van der Waals surface area contributed by atoms with E-state index in [4.69, 9.17) is 0 Å². The molecule has 0 aliphatic heterocycles. The summed E-state index contributed by atoms with van der Waals surface area (Å²) in [6, 6.07) is 15.4. The van der Waals surface area contributed by atoms with E-state index in [-0.39, 0.29) is 0 Å². The molecule has 5 aromatic rings. The zero-order valence-corrected chi connectivity index (χ0v) is 18.6. The third-order valence-corrected chi connectivity index (χ3v) is 6.64. The maximum absolute atomic E-state index is 4.66. The van der Waals surface area contributed by atoms with Crippen molar-refractivity contribution < 1.29 is 0 Å². The molecule has 0 unspecified atom stereocenters. The molecule has 0 aliphatic rings. The number of aryl methyl sites for hydroxylation is 1. The zero-order chi connectivity index (χ0) is 19.8. The smallest absolute Gasteiger partial charge is 0.132 e. The van der Waals surface area contributed by atoms with Gasteiger partial charge in [0.1, 0.15) is 11.0 Å². The van der Waals surface area contributed by atoms with Crippen LogP contribution in [0.5, 0.6) is 0 Å². The number of aromatic nitrogens is 4. The van der Waals surface area contributed by atoms with Crippen molar-refractivity contribution in [1.29, 1.82) is 0 Å². The quantitative estimate of drug-likeness (QED) is 0.249. The lowest BCUT2D eigenvalue weighted by Crippen LogP contribution is -1.97. The second kappa shape index (κ2) is 7.84. The first kappa shape index (κ1) is 18.7. The van der Waals surface area contributed by atoms with Crippen molar-refractivity contribution in [1.82, 2.24) is 18.3 Å². The van der Waals surface area contributed by atoms with E-state index in [1.54, 1.807) is 0 Å². The van der Waals surface area contributed by atoms with Crippen LogP contribution in [0.15, 0.2) is 53.1 Å². The Labute approximate surface area is 182 Å². The number of para-hydroxylation sites is 1. The summed E-state index contributed by atoms with van der Waals surface area (Å²) in [6.45, 7) is 3.31. The summed E-state index contributed by atoms with van der Waals surface area (Å²) in [5, 5.41) is 2.57. The molecule has 0 bridgehead atoms. The first-order valence-corrected chi connectivity index (χ1v) is 11.6. The van der Waals surface area contributed by atoms with Crippen molar-refractivity contribution in [2.45, 2.75) is 39.2 Å². The van der Waals surface area contributed by atoms with E-state index >= 15 is 0 Å². The Morgan fingerprint density at radius 3 is 2.66 bits per heavy atom. The molecule has 146 valence electrons. The molecule has 4 nitrogen and oxygen atoms in total. The Morgan fingerprint density at radius 1 is 0.931 bits per heavy atom. The molecule has 0 fully saturated rings. The van der Waals surface area contributed by atoms with Gasteiger partial charge in [-0.15, -0.1) is 0 Å². The van der Waals surface area contributed by atoms with Crippen LogP contribution < -0.4 is 0 Å². The Hall–Kier alpha value is -2.31. The van der Waals surface area contributed by atoms with E-state index in [1.807, 2.05) is 6.20 Å². The van der Waals surface area contributed by atoms with E-state index in [0.717, 1.165) is 33.3 Å². The van der Waals surface area contributed by atoms with Gasteiger partial charge in [0.2, 0.25) is 0 Å². The highest BCUT2D eigenvalue weighted by Crippen LogP contribution is 2.35. The maximum atomic E-state index is 4.66. The number of unbranched alkanes of at least 4 members (excludes halogenated alkanes) is 3. The van der Waals surface area contributed by atoms with E-state index in [9.17, 15) is 0 Å². The van der Waals surface area contributed by atoms with Gasteiger partial charge in [0.25, 0.3) is 0 Å². The molecule has 6 heteroatoms. The highest BCUT2D eigenvalue weighted by Gasteiger charge is 2.15. The molecule has 0 atom stereocenters. The SMILES string of the molecule is CCCCCCn1c2ccccc2c2cc(-c3ncc(Br)c4nsnc34)ccc21. The Balaban J connectivity index is 1.66. The summed E-state index contributed by atoms with van der Waals surface area (Å²) in [7, 11) is 0. The largest absolute Gasteiger partial charge is 0.340 e. The number of halogens is 1. The third-order valence-electron chi connectivity index (χ3n) is 5.53. The molecule has 0 saturated carbocycles. The average molecular weight is 465 g/mol. The molecule has 0 radical (unpaired) electrons. The van der Waals surface area contributed by atoms with Crippen LogP contribution in [0, 0.1) is 0 Å². The second-order valence-electron chi connectivity index (χ2n) is 7.38. The molecular formula is C23H21BrN4S. The molecule has 0 saturated heterocycles. The first-order valence-electron chi connectivity index (χ1n) is 10.1. The fourth-order valence-corrected chi connectivity index (χ4v) is 5.15. The van der Waals surface area contributed by atoms with Gasteiger partial charge in [0, 0.05) is 40.1 Å². The minimum atomic E-state index is 0.854. The summed E-state index contributed by atoms with van der Waals surface area (Å²) < 4.78 is 12.3. The van der Waals surface area contributed by atoms with Gasteiger partial charge in [0.05, 0.1) is 21.9 Å². The van der Waals surface area contributed by atoms with Crippen LogP contribution in [0.25, 0.3) is 44.1 Å². The summed E-state index contributed by atoms with van der Waals surface area (Å²) in [4.78, 5) is 4.66. The van der Waals surface area contributed by atoms with Crippen LogP contribution in [-0.4, -0.2) is 18.3 Å². The minimum absolute atomic E-state index is 0.854. The van der Waals surface area contributed by atoms with Gasteiger partial charge < -0.3 is 4.57 Å². The first-order chi connectivity index (χ1) is 14.3. The molecule has 0 amide bonds. The van der Waals surface area contributed by atoms with Crippen molar-refractivity contribution in [3.8, 4) is 11.3 Å². The Morgan fingerprint density at radius 2 is 1.76 bits per heavy atom. The number of hydrogen-bond donors (Lipinski definition) is 0. The van der Waals surface area contributed by atoms with E-state index < -0.39 is 0 Å². The summed E-state index contributed by atoms with van der Waals surface area (Å²) in [5.41, 5.74) is 6.29. The van der Waals surface area contributed by atoms with E-state index in [0.29, 0.717) is 0 Å². The van der Waals surface area contributed by atoms with Crippen LogP contribution in [0.1, 0.15) is 32.6 Å². The Kier molecular flexibility index (Phi) is 5.06. The average Bonchev–Trinajstić information content (AvgIpc) is 3.36. The molecule has 3 aromatic heterocycles. The van der Waals surface area contributed by atoms with Crippen molar-refractivity contribution in [3.63, 3.8) is 0 Å². The van der Waals surface area contributed by atoms with Gasteiger partial charge in [-0.05, 0) is 40.5 Å². The van der Waals surface area contributed by atoms with Gasteiger partial charge in [-0.25, -0.2) is 0 Å². The van der Waals surface area contributed by atoms with Gasteiger partial charge in [-0.1, -0.05) is 50.5 Å². The number of pyridine rings is 1. The van der Waals surface area contributed by atoms with Crippen LogP contribution in [0.2, 0.25) is 0 Å². The van der Waals surface area contributed by atoms with Crippen LogP contribution in [-0.2, 0) is 6.54 Å². The minimum Gasteiger partial charge on any atom is -0.340 e. The number of fused-ring (bicyclic) bond motifs is 4. The fraction of sp³-hybridized carbons (Fsp3) is 0.261. The van der Waals surface area contributed by atoms with Crippen molar-refractivity contribution in [2.24, 2.45) is 0 Å². The van der Waals surface area contributed by atoms with Crippen molar-refractivity contribution in [2.75, 3.05) is 0 Å². The number of nitrogens with zero attached hydrogens (tertiary/aromatic N) is 4. The Bertz CT molecular complexity index is 1320. The summed E-state index contributed by atoms with van der Waals surface area (Å²) in [5.74, 6) is 0. The van der Waals surface area contributed by atoms with E-state index in [2.05, 4.69) is 83.6 Å². The van der Waals surface area contributed by atoms with Crippen LogP contribution >= 0.6 is 27.7 Å². The van der Waals surface area contributed by atoms with Crippen LogP contribution in [0.4, 0.5) is 0 Å². The topological polar surface area (TPSA) is 43.6 Å².